The predicted molar refractivity (Wildman–Crippen MR) is 163 cm³/mol. The highest BCUT2D eigenvalue weighted by atomic mass is 35.5. The van der Waals surface area contributed by atoms with E-state index in [9.17, 15) is 18.0 Å². The molecule has 220 valence electrons. The number of carbonyl (C=O) groups excluding carboxylic acids is 2. The zero-order chi connectivity index (χ0) is 30.2. The maximum atomic E-state index is 14.1. The number of ether oxygens (including phenoxy) is 1. The average molecular weight is 600 g/mol. The number of anilines is 1. The fourth-order valence-corrected chi connectivity index (χ4v) is 5.99. The molecule has 0 radical (unpaired) electrons. The van der Waals surface area contributed by atoms with E-state index >= 15 is 0 Å². The minimum Gasteiger partial charge on any atom is -0.497 e. The first-order valence-corrected chi connectivity index (χ1v) is 15.4. The smallest absolute Gasteiger partial charge is 0.264 e. The standard InChI is InChI=1S/C31H38ClN3O5S/c1-6-23(4)33-31(37)29(7-2)34(20-24-11-8-10-22(3)18-24)30(36)21-35(26-13-9-12-25(32)19-26)41(38,39)28-16-14-27(40-5)15-17-28/h8-19,23,29H,6-7,20-21H2,1-5H3,(H,33,37)/t23-,29-/m0/s1. The summed E-state index contributed by atoms with van der Waals surface area (Å²) in [6, 6.07) is 19.0. The number of carbonyl (C=O) groups is 2. The van der Waals surface area contributed by atoms with Crippen molar-refractivity contribution >= 4 is 39.1 Å². The second-order valence-electron chi connectivity index (χ2n) is 9.92. The van der Waals surface area contributed by atoms with E-state index in [1.54, 1.807) is 30.3 Å². The molecule has 3 aromatic rings. The van der Waals surface area contributed by atoms with Crippen molar-refractivity contribution in [1.29, 1.82) is 0 Å². The number of halogens is 1. The molecule has 2 atom stereocenters. The summed E-state index contributed by atoms with van der Waals surface area (Å²) in [6.45, 7) is 7.26. The van der Waals surface area contributed by atoms with Gasteiger partial charge < -0.3 is 15.0 Å². The number of hydrogen-bond donors (Lipinski definition) is 1. The predicted octanol–water partition coefficient (Wildman–Crippen LogP) is 5.57. The Hall–Kier alpha value is -3.56. The van der Waals surface area contributed by atoms with Crippen LogP contribution in [0.5, 0.6) is 5.75 Å². The van der Waals surface area contributed by atoms with E-state index in [0.29, 0.717) is 17.2 Å². The SMILES string of the molecule is CC[C@H](C)NC(=O)[C@H](CC)N(Cc1cccc(C)c1)C(=O)CN(c1cccc(Cl)c1)S(=O)(=O)c1ccc(OC)cc1. The highest BCUT2D eigenvalue weighted by molar-refractivity contribution is 7.92. The van der Waals surface area contributed by atoms with Crippen molar-refractivity contribution < 1.29 is 22.7 Å². The Bertz CT molecular complexity index is 1450. The van der Waals surface area contributed by atoms with Gasteiger partial charge in [-0.1, -0.05) is 61.3 Å². The summed E-state index contributed by atoms with van der Waals surface area (Å²) in [4.78, 5) is 28.9. The second kappa shape index (κ2) is 14.4. The molecule has 3 aromatic carbocycles. The van der Waals surface area contributed by atoms with Gasteiger partial charge in [0.25, 0.3) is 10.0 Å². The molecule has 0 unspecified atom stereocenters. The van der Waals surface area contributed by atoms with Crippen LogP contribution in [-0.2, 0) is 26.2 Å². The van der Waals surface area contributed by atoms with Crippen molar-refractivity contribution in [2.45, 2.75) is 64.1 Å². The van der Waals surface area contributed by atoms with Crippen LogP contribution in [0, 0.1) is 6.92 Å². The lowest BCUT2D eigenvalue weighted by Gasteiger charge is -2.33. The minimum atomic E-state index is -4.21. The Labute approximate surface area is 248 Å². The number of amides is 2. The number of aryl methyl sites for hydroxylation is 1. The third kappa shape index (κ3) is 8.24. The third-order valence-corrected chi connectivity index (χ3v) is 8.87. The Morgan fingerprint density at radius 1 is 0.976 bits per heavy atom. The lowest BCUT2D eigenvalue weighted by molar-refractivity contribution is -0.140. The molecule has 0 bridgehead atoms. The summed E-state index contributed by atoms with van der Waals surface area (Å²) in [6.07, 6.45) is 1.08. The van der Waals surface area contributed by atoms with Gasteiger partial charge >= 0.3 is 0 Å². The first-order valence-electron chi connectivity index (χ1n) is 13.6. The topological polar surface area (TPSA) is 96.0 Å². The summed E-state index contributed by atoms with van der Waals surface area (Å²) in [7, 11) is -2.72. The highest BCUT2D eigenvalue weighted by Gasteiger charge is 2.34. The molecular weight excluding hydrogens is 562 g/mol. The molecule has 0 aliphatic rings. The van der Waals surface area contributed by atoms with Gasteiger partial charge in [0.15, 0.2) is 0 Å². The Morgan fingerprint density at radius 2 is 1.66 bits per heavy atom. The monoisotopic (exact) mass is 599 g/mol. The normalized spacial score (nSPS) is 12.7. The number of nitrogens with one attached hydrogen (secondary N) is 1. The van der Waals surface area contributed by atoms with Gasteiger partial charge in [0.1, 0.15) is 18.3 Å². The van der Waals surface area contributed by atoms with Gasteiger partial charge in [-0.25, -0.2) is 8.42 Å². The van der Waals surface area contributed by atoms with Crippen molar-refractivity contribution in [2.24, 2.45) is 0 Å². The van der Waals surface area contributed by atoms with Crippen molar-refractivity contribution in [1.82, 2.24) is 10.2 Å². The molecule has 0 saturated carbocycles. The zero-order valence-electron chi connectivity index (χ0n) is 24.1. The molecule has 0 aromatic heterocycles. The summed E-state index contributed by atoms with van der Waals surface area (Å²) in [5.41, 5.74) is 2.07. The molecule has 3 rings (SSSR count). The van der Waals surface area contributed by atoms with Crippen LogP contribution < -0.4 is 14.4 Å². The lowest BCUT2D eigenvalue weighted by Crippen LogP contribution is -2.53. The molecule has 0 aliphatic heterocycles. The van der Waals surface area contributed by atoms with Crippen LogP contribution in [0.25, 0.3) is 0 Å². The number of nitrogens with zero attached hydrogens (tertiary/aromatic N) is 2. The van der Waals surface area contributed by atoms with Crippen LogP contribution in [0.15, 0.2) is 77.7 Å². The van der Waals surface area contributed by atoms with Crippen LogP contribution in [-0.4, -0.2) is 50.9 Å². The molecule has 8 nitrogen and oxygen atoms in total. The van der Waals surface area contributed by atoms with Crippen LogP contribution >= 0.6 is 11.6 Å². The van der Waals surface area contributed by atoms with E-state index in [4.69, 9.17) is 16.3 Å². The maximum absolute atomic E-state index is 14.1. The van der Waals surface area contributed by atoms with Crippen molar-refractivity contribution in [3.05, 3.63) is 88.9 Å². The van der Waals surface area contributed by atoms with Gasteiger partial charge in [0.05, 0.1) is 17.7 Å². The van der Waals surface area contributed by atoms with E-state index in [2.05, 4.69) is 5.32 Å². The molecule has 2 amide bonds. The van der Waals surface area contributed by atoms with E-state index < -0.39 is 28.5 Å². The largest absolute Gasteiger partial charge is 0.497 e. The van der Waals surface area contributed by atoms with Crippen LogP contribution in [0.4, 0.5) is 5.69 Å². The summed E-state index contributed by atoms with van der Waals surface area (Å²) < 4.78 is 34.1. The first-order chi connectivity index (χ1) is 19.5. The second-order valence-corrected chi connectivity index (χ2v) is 12.2. The van der Waals surface area contributed by atoms with Crippen molar-refractivity contribution in [2.75, 3.05) is 18.0 Å². The van der Waals surface area contributed by atoms with Crippen molar-refractivity contribution in [3.63, 3.8) is 0 Å². The Kier molecular flexibility index (Phi) is 11.2. The quantitative estimate of drug-likeness (QED) is 0.277. The minimum absolute atomic E-state index is 0.0159. The molecular formula is C31H38ClN3O5S. The van der Waals surface area contributed by atoms with E-state index in [1.165, 1.54) is 30.2 Å². The fourth-order valence-electron chi connectivity index (χ4n) is 4.40. The number of methoxy groups -OCH3 is 1. The molecule has 0 heterocycles. The van der Waals surface area contributed by atoms with E-state index in [0.717, 1.165) is 21.9 Å². The lowest BCUT2D eigenvalue weighted by atomic mass is 10.1. The van der Waals surface area contributed by atoms with Gasteiger partial charge in [-0.3, -0.25) is 13.9 Å². The van der Waals surface area contributed by atoms with Gasteiger partial charge in [-0.2, -0.15) is 0 Å². The van der Waals surface area contributed by atoms with Crippen LogP contribution in [0.1, 0.15) is 44.7 Å². The van der Waals surface area contributed by atoms with E-state index in [-0.39, 0.29) is 29.1 Å². The molecule has 0 spiro atoms. The van der Waals surface area contributed by atoms with Gasteiger partial charge in [0.2, 0.25) is 11.8 Å². The van der Waals surface area contributed by atoms with Gasteiger partial charge in [0, 0.05) is 17.6 Å². The summed E-state index contributed by atoms with van der Waals surface area (Å²) in [5, 5.41) is 3.30. The molecule has 41 heavy (non-hydrogen) atoms. The van der Waals surface area contributed by atoms with Crippen molar-refractivity contribution in [3.8, 4) is 5.75 Å². The Balaban J connectivity index is 2.06. The number of benzene rings is 3. The zero-order valence-corrected chi connectivity index (χ0v) is 25.7. The summed E-state index contributed by atoms with van der Waals surface area (Å²) >= 11 is 6.24. The third-order valence-electron chi connectivity index (χ3n) is 6.84. The first kappa shape index (κ1) is 32.0. The summed E-state index contributed by atoms with van der Waals surface area (Å²) in [5.74, 6) is -0.304. The molecule has 10 heteroatoms. The van der Waals surface area contributed by atoms with Gasteiger partial charge in [-0.15, -0.1) is 0 Å². The van der Waals surface area contributed by atoms with E-state index in [1.807, 2.05) is 52.0 Å². The van der Waals surface area contributed by atoms with Crippen LogP contribution in [0.2, 0.25) is 5.02 Å². The van der Waals surface area contributed by atoms with Crippen LogP contribution in [0.3, 0.4) is 0 Å². The highest BCUT2D eigenvalue weighted by Crippen LogP contribution is 2.28. The van der Waals surface area contributed by atoms with Gasteiger partial charge in [-0.05, 0) is 74.7 Å². The average Bonchev–Trinajstić information content (AvgIpc) is 2.95. The maximum Gasteiger partial charge on any atom is 0.264 e. The number of rotatable bonds is 13. The molecule has 0 fully saturated rings. The fraction of sp³-hybridized carbons (Fsp3) is 0.355. The molecule has 0 aliphatic carbocycles. The Morgan fingerprint density at radius 3 is 2.24 bits per heavy atom. The number of sulfonamides is 1. The number of hydrogen-bond acceptors (Lipinski definition) is 5. The molecule has 0 saturated heterocycles. The molecule has 1 N–H and O–H groups in total.